The molecule has 2 heteroatoms. The van der Waals surface area contributed by atoms with Crippen molar-refractivity contribution in [2.45, 2.75) is 63.6 Å². The molecule has 0 aromatic carbocycles. The molecule has 0 amide bonds. The molecule has 0 aromatic heterocycles. The zero-order valence-electron chi connectivity index (χ0n) is 10.2. The molecular formula is C14H24O2. The minimum atomic E-state index is 0.661. The second-order valence-electron chi connectivity index (χ2n) is 5.95. The van der Waals surface area contributed by atoms with Gasteiger partial charge < -0.3 is 9.47 Å². The number of hydrogen-bond acceptors (Lipinski definition) is 2. The Labute approximate surface area is 98.7 Å². The molecule has 2 aliphatic heterocycles. The Kier molecular flexibility index (Phi) is 3.49. The van der Waals surface area contributed by atoms with Gasteiger partial charge in [-0.25, -0.2) is 0 Å². The van der Waals surface area contributed by atoms with E-state index in [9.17, 15) is 0 Å². The van der Waals surface area contributed by atoms with Crippen LogP contribution in [0.1, 0.15) is 51.4 Å². The summed E-state index contributed by atoms with van der Waals surface area (Å²) >= 11 is 0. The maximum atomic E-state index is 5.48. The predicted octanol–water partition coefficient (Wildman–Crippen LogP) is 3.15. The Morgan fingerprint density at radius 1 is 0.688 bits per heavy atom. The lowest BCUT2D eigenvalue weighted by atomic mass is 9.91. The molecule has 16 heavy (non-hydrogen) atoms. The van der Waals surface area contributed by atoms with Gasteiger partial charge in [-0.2, -0.15) is 0 Å². The summed E-state index contributed by atoms with van der Waals surface area (Å²) in [6.45, 7) is 2.10. The molecule has 0 aromatic rings. The van der Waals surface area contributed by atoms with Gasteiger partial charge in [-0.05, 0) is 56.8 Å². The van der Waals surface area contributed by atoms with Gasteiger partial charge in [0.15, 0.2) is 0 Å². The number of ether oxygens (including phenoxy) is 2. The van der Waals surface area contributed by atoms with Crippen LogP contribution in [0.25, 0.3) is 0 Å². The first kappa shape index (κ1) is 11.0. The Hall–Kier alpha value is -0.0800. The van der Waals surface area contributed by atoms with Crippen molar-refractivity contribution in [3.63, 3.8) is 0 Å². The maximum Gasteiger partial charge on any atom is 0.0578 e. The third-order valence-corrected chi connectivity index (χ3v) is 4.68. The van der Waals surface area contributed by atoms with Crippen LogP contribution in [0.5, 0.6) is 0 Å². The molecule has 0 N–H and O–H groups in total. The molecule has 0 radical (unpaired) electrons. The second kappa shape index (κ2) is 5.05. The Bertz CT molecular complexity index is 177. The SMILES string of the molecule is C1CC2CCC(C2)O1.C1CC2COC(C1)C2. The lowest BCUT2D eigenvalue weighted by Crippen LogP contribution is -2.16. The first-order valence-corrected chi connectivity index (χ1v) is 7.13. The summed E-state index contributed by atoms with van der Waals surface area (Å²) in [7, 11) is 0. The van der Waals surface area contributed by atoms with Crippen LogP contribution in [0.3, 0.4) is 0 Å². The molecule has 2 nitrogen and oxygen atoms in total. The van der Waals surface area contributed by atoms with Crippen LogP contribution in [0.15, 0.2) is 0 Å². The highest BCUT2D eigenvalue weighted by atomic mass is 16.5. The van der Waals surface area contributed by atoms with Crippen molar-refractivity contribution >= 4 is 0 Å². The minimum Gasteiger partial charge on any atom is -0.378 e. The van der Waals surface area contributed by atoms with Crippen LogP contribution < -0.4 is 0 Å². The summed E-state index contributed by atoms with van der Waals surface area (Å²) in [6.07, 6.45) is 12.3. The van der Waals surface area contributed by atoms with Gasteiger partial charge in [-0.1, -0.05) is 6.42 Å². The molecule has 2 aliphatic carbocycles. The van der Waals surface area contributed by atoms with Crippen molar-refractivity contribution in [2.24, 2.45) is 11.8 Å². The van der Waals surface area contributed by atoms with Crippen LogP contribution in [-0.4, -0.2) is 25.4 Å². The molecule has 4 bridgehead atoms. The van der Waals surface area contributed by atoms with Crippen LogP contribution in [-0.2, 0) is 9.47 Å². The van der Waals surface area contributed by atoms with Crippen LogP contribution in [0.4, 0.5) is 0 Å². The van der Waals surface area contributed by atoms with E-state index < -0.39 is 0 Å². The van der Waals surface area contributed by atoms with Gasteiger partial charge >= 0.3 is 0 Å². The lowest BCUT2D eigenvalue weighted by molar-refractivity contribution is 0.0256. The third-order valence-electron chi connectivity index (χ3n) is 4.68. The first-order valence-electron chi connectivity index (χ1n) is 7.13. The van der Waals surface area contributed by atoms with Crippen molar-refractivity contribution < 1.29 is 9.47 Å². The molecule has 4 unspecified atom stereocenters. The molecular weight excluding hydrogens is 200 g/mol. The van der Waals surface area contributed by atoms with Gasteiger partial charge in [0.1, 0.15) is 0 Å². The van der Waals surface area contributed by atoms with Crippen molar-refractivity contribution in [1.29, 1.82) is 0 Å². The summed E-state index contributed by atoms with van der Waals surface area (Å²) in [6, 6.07) is 0. The number of hydrogen-bond donors (Lipinski definition) is 0. The molecule has 4 aliphatic rings. The fourth-order valence-corrected chi connectivity index (χ4v) is 3.66. The van der Waals surface area contributed by atoms with Gasteiger partial charge in [0, 0.05) is 13.2 Å². The van der Waals surface area contributed by atoms with E-state index in [1.54, 1.807) is 0 Å². The summed E-state index contributed by atoms with van der Waals surface area (Å²) in [4.78, 5) is 0. The van der Waals surface area contributed by atoms with Crippen molar-refractivity contribution in [2.75, 3.05) is 13.2 Å². The summed E-state index contributed by atoms with van der Waals surface area (Å²) in [5.41, 5.74) is 0. The topological polar surface area (TPSA) is 18.5 Å². The first-order chi connectivity index (χ1) is 7.90. The standard InChI is InChI=1S/2C7H12O/c1-2-7-5-6(1)3-4-8-7;1-2-6-4-7(3-1)8-5-6/h2*6-7H,1-5H2. The van der Waals surface area contributed by atoms with E-state index in [4.69, 9.17) is 9.47 Å². The molecule has 4 atom stereocenters. The van der Waals surface area contributed by atoms with Gasteiger partial charge in [-0.3, -0.25) is 0 Å². The number of rotatable bonds is 0. The Morgan fingerprint density at radius 2 is 1.56 bits per heavy atom. The molecule has 92 valence electrons. The predicted molar refractivity (Wildman–Crippen MR) is 63.4 cm³/mol. The van der Waals surface area contributed by atoms with Crippen LogP contribution in [0, 0.1) is 11.8 Å². The maximum absolute atomic E-state index is 5.48. The lowest BCUT2D eigenvalue weighted by Gasteiger charge is -2.18. The van der Waals surface area contributed by atoms with Crippen LogP contribution >= 0.6 is 0 Å². The van der Waals surface area contributed by atoms with E-state index in [1.807, 2.05) is 0 Å². The third kappa shape index (κ3) is 2.60. The highest BCUT2D eigenvalue weighted by Crippen LogP contribution is 2.34. The fourth-order valence-electron chi connectivity index (χ4n) is 3.66. The van der Waals surface area contributed by atoms with Gasteiger partial charge in [0.05, 0.1) is 12.2 Å². The molecule has 4 rings (SSSR count). The van der Waals surface area contributed by atoms with E-state index >= 15 is 0 Å². The monoisotopic (exact) mass is 224 g/mol. The Morgan fingerprint density at radius 3 is 2.31 bits per heavy atom. The largest absolute Gasteiger partial charge is 0.378 e. The molecule has 0 spiro atoms. The van der Waals surface area contributed by atoms with Gasteiger partial charge in [-0.15, -0.1) is 0 Å². The van der Waals surface area contributed by atoms with E-state index in [0.717, 1.165) is 25.0 Å². The van der Waals surface area contributed by atoms with Crippen molar-refractivity contribution in [3.05, 3.63) is 0 Å². The van der Waals surface area contributed by atoms with Gasteiger partial charge in [0.25, 0.3) is 0 Å². The highest BCUT2D eigenvalue weighted by molar-refractivity contribution is 4.79. The molecule has 2 saturated carbocycles. The minimum absolute atomic E-state index is 0.661. The zero-order chi connectivity index (χ0) is 10.8. The number of fused-ring (bicyclic) bond motifs is 4. The highest BCUT2D eigenvalue weighted by Gasteiger charge is 2.29. The molecule has 2 heterocycles. The quantitative estimate of drug-likeness (QED) is 0.629. The van der Waals surface area contributed by atoms with E-state index in [0.29, 0.717) is 12.2 Å². The van der Waals surface area contributed by atoms with Crippen molar-refractivity contribution in [3.8, 4) is 0 Å². The summed E-state index contributed by atoms with van der Waals surface area (Å²) in [5.74, 6) is 1.97. The van der Waals surface area contributed by atoms with E-state index in [2.05, 4.69) is 0 Å². The van der Waals surface area contributed by atoms with Crippen molar-refractivity contribution in [1.82, 2.24) is 0 Å². The molecule has 4 fully saturated rings. The molecule has 2 saturated heterocycles. The van der Waals surface area contributed by atoms with E-state index in [1.165, 1.54) is 51.4 Å². The zero-order valence-corrected chi connectivity index (χ0v) is 10.2. The van der Waals surface area contributed by atoms with E-state index in [-0.39, 0.29) is 0 Å². The summed E-state index contributed by atoms with van der Waals surface area (Å²) < 4.78 is 10.9. The average Bonchev–Trinajstić information content (AvgIpc) is 2.83. The Balaban J connectivity index is 0.000000101. The van der Waals surface area contributed by atoms with Gasteiger partial charge in [0.2, 0.25) is 0 Å². The van der Waals surface area contributed by atoms with Crippen LogP contribution in [0.2, 0.25) is 0 Å². The summed E-state index contributed by atoms with van der Waals surface area (Å²) in [5, 5.41) is 0. The smallest absolute Gasteiger partial charge is 0.0578 e. The fraction of sp³-hybridized carbons (Fsp3) is 1.00. The second-order valence-corrected chi connectivity index (χ2v) is 5.95. The average molecular weight is 224 g/mol. The normalized spacial score (nSPS) is 45.0.